The van der Waals surface area contributed by atoms with E-state index in [9.17, 15) is 0 Å². The number of nitrogen functional groups attached to an aromatic ring is 1. The van der Waals surface area contributed by atoms with E-state index < -0.39 is 0 Å². The predicted octanol–water partition coefficient (Wildman–Crippen LogP) is 3.22. The molecule has 0 bridgehead atoms. The van der Waals surface area contributed by atoms with Crippen molar-refractivity contribution in [1.82, 2.24) is 29.4 Å². The van der Waals surface area contributed by atoms with Crippen LogP contribution in [-0.4, -0.2) is 43.5 Å². The Morgan fingerprint density at radius 1 is 1.07 bits per heavy atom. The zero-order chi connectivity index (χ0) is 19.7. The number of imidazole rings is 1. The van der Waals surface area contributed by atoms with Gasteiger partial charge < -0.3 is 15.2 Å². The maximum Gasteiger partial charge on any atom is 0.222 e. The number of fused-ring (bicyclic) bond motifs is 1. The minimum atomic E-state index is 0.250. The lowest BCUT2D eigenvalue weighted by Crippen LogP contribution is -2.10. The first-order chi connectivity index (χ1) is 13.6. The van der Waals surface area contributed by atoms with Crippen LogP contribution in [0.4, 0.5) is 5.95 Å². The van der Waals surface area contributed by atoms with Crippen LogP contribution in [0.3, 0.4) is 0 Å². The first kappa shape index (κ1) is 18.1. The number of hydrogen-bond acceptors (Lipinski definition) is 6. The number of hydrogen-bond donors (Lipinski definition) is 1. The largest absolute Gasteiger partial charge is 0.368 e. The Bertz CT molecular complexity index is 1130. The maximum absolute atomic E-state index is 5.80. The number of aromatic nitrogens is 5. The van der Waals surface area contributed by atoms with Crippen LogP contribution in [0.2, 0.25) is 0 Å². The van der Waals surface area contributed by atoms with E-state index >= 15 is 0 Å². The smallest absolute Gasteiger partial charge is 0.222 e. The van der Waals surface area contributed by atoms with E-state index in [-0.39, 0.29) is 5.95 Å². The van der Waals surface area contributed by atoms with E-state index in [1.165, 1.54) is 5.56 Å². The highest BCUT2D eigenvalue weighted by Crippen LogP contribution is 2.33. The summed E-state index contributed by atoms with van der Waals surface area (Å²) in [7, 11) is 4.14. The Hall–Kier alpha value is -3.32. The summed E-state index contributed by atoms with van der Waals surface area (Å²) in [6.07, 6.45) is 5.36. The second-order valence-electron chi connectivity index (χ2n) is 6.98. The average molecular weight is 373 g/mol. The molecule has 0 unspecified atom stereocenters. The molecular weight excluding hydrogens is 350 g/mol. The molecule has 4 aromatic rings. The highest BCUT2D eigenvalue weighted by Gasteiger charge is 2.17. The highest BCUT2D eigenvalue weighted by molar-refractivity contribution is 5.85. The van der Waals surface area contributed by atoms with Gasteiger partial charge in [0.15, 0.2) is 5.65 Å². The summed E-state index contributed by atoms with van der Waals surface area (Å²) in [5.41, 5.74) is 11.7. The van der Waals surface area contributed by atoms with Gasteiger partial charge in [0.1, 0.15) is 11.3 Å². The minimum absolute atomic E-state index is 0.250. The lowest BCUT2D eigenvalue weighted by atomic mass is 9.99. The third-order valence-corrected chi connectivity index (χ3v) is 4.62. The summed E-state index contributed by atoms with van der Waals surface area (Å²) in [4.78, 5) is 19.8. The van der Waals surface area contributed by atoms with Crippen LogP contribution < -0.4 is 5.73 Å². The number of pyridine rings is 1. The first-order valence-electron chi connectivity index (χ1n) is 9.24. The normalized spacial score (nSPS) is 11.4. The average Bonchev–Trinajstić information content (AvgIpc) is 3.05. The van der Waals surface area contributed by atoms with Gasteiger partial charge in [-0.15, -0.1) is 0 Å². The monoisotopic (exact) mass is 373 g/mol. The molecule has 0 aliphatic rings. The van der Waals surface area contributed by atoms with Crippen LogP contribution >= 0.6 is 0 Å². The van der Waals surface area contributed by atoms with Crippen molar-refractivity contribution in [3.63, 3.8) is 0 Å². The summed E-state index contributed by atoms with van der Waals surface area (Å²) < 4.78 is 2.07. The van der Waals surface area contributed by atoms with Crippen LogP contribution in [-0.2, 0) is 13.1 Å². The third kappa shape index (κ3) is 3.32. The van der Waals surface area contributed by atoms with Crippen LogP contribution in [0.15, 0.2) is 48.9 Å². The van der Waals surface area contributed by atoms with E-state index in [0.29, 0.717) is 0 Å². The summed E-state index contributed by atoms with van der Waals surface area (Å²) in [6.45, 7) is 3.68. The van der Waals surface area contributed by atoms with Gasteiger partial charge in [-0.3, -0.25) is 4.98 Å². The van der Waals surface area contributed by atoms with Crippen molar-refractivity contribution < 1.29 is 0 Å². The van der Waals surface area contributed by atoms with Crippen LogP contribution in [0, 0.1) is 0 Å². The first-order valence-corrected chi connectivity index (χ1v) is 9.24. The maximum atomic E-state index is 5.80. The van der Waals surface area contributed by atoms with Crippen LogP contribution in [0.1, 0.15) is 12.5 Å². The van der Waals surface area contributed by atoms with Gasteiger partial charge in [-0.1, -0.05) is 18.2 Å². The Morgan fingerprint density at radius 3 is 2.71 bits per heavy atom. The van der Waals surface area contributed by atoms with Gasteiger partial charge in [0.2, 0.25) is 5.95 Å². The Balaban J connectivity index is 1.89. The van der Waals surface area contributed by atoms with E-state index in [2.05, 4.69) is 69.7 Å². The molecule has 0 amide bonds. The fraction of sp³-hybridized carbons (Fsp3) is 0.238. The summed E-state index contributed by atoms with van der Waals surface area (Å²) in [5, 5.41) is 0. The van der Waals surface area contributed by atoms with Crippen LogP contribution in [0.5, 0.6) is 0 Å². The van der Waals surface area contributed by atoms with Gasteiger partial charge in [-0.05, 0) is 44.3 Å². The molecule has 142 valence electrons. The molecule has 1 aromatic carbocycles. The second-order valence-corrected chi connectivity index (χ2v) is 6.98. The van der Waals surface area contributed by atoms with Gasteiger partial charge in [0.05, 0.1) is 6.20 Å². The minimum Gasteiger partial charge on any atom is -0.368 e. The topological polar surface area (TPSA) is 85.8 Å². The van der Waals surface area contributed by atoms with Crippen molar-refractivity contribution in [3.05, 3.63) is 54.5 Å². The molecule has 4 rings (SSSR count). The second kappa shape index (κ2) is 7.36. The van der Waals surface area contributed by atoms with Crippen molar-refractivity contribution in [1.29, 1.82) is 0 Å². The van der Waals surface area contributed by atoms with E-state index in [4.69, 9.17) is 10.7 Å². The third-order valence-electron chi connectivity index (χ3n) is 4.62. The number of rotatable bonds is 5. The molecule has 3 aromatic heterocycles. The van der Waals surface area contributed by atoms with Crippen molar-refractivity contribution in [2.24, 2.45) is 0 Å². The van der Waals surface area contributed by atoms with Crippen LogP contribution in [0.25, 0.3) is 33.7 Å². The fourth-order valence-electron chi connectivity index (χ4n) is 3.46. The molecule has 7 heteroatoms. The number of nitrogens with zero attached hydrogens (tertiary/aromatic N) is 6. The summed E-state index contributed by atoms with van der Waals surface area (Å²) >= 11 is 0. The number of aryl methyl sites for hydroxylation is 1. The number of benzene rings is 1. The molecule has 3 heterocycles. The molecule has 0 radical (unpaired) electrons. The zero-order valence-corrected chi connectivity index (χ0v) is 16.3. The van der Waals surface area contributed by atoms with Gasteiger partial charge in [0, 0.05) is 36.6 Å². The molecule has 28 heavy (non-hydrogen) atoms. The molecule has 2 N–H and O–H groups in total. The molecule has 0 atom stereocenters. The lowest BCUT2D eigenvalue weighted by Gasteiger charge is -2.13. The SMILES string of the molecule is CCn1c(-c2ccncc2-c2cccc(CN(C)C)c2)nc2cnc(N)nc21. The fourth-order valence-corrected chi connectivity index (χ4v) is 3.46. The molecule has 0 spiro atoms. The number of anilines is 1. The zero-order valence-electron chi connectivity index (χ0n) is 16.3. The number of nitrogens with two attached hydrogens (primary N) is 1. The summed E-state index contributed by atoms with van der Waals surface area (Å²) in [5.74, 6) is 1.09. The van der Waals surface area contributed by atoms with Crippen molar-refractivity contribution in [2.75, 3.05) is 19.8 Å². The Kier molecular flexibility index (Phi) is 4.75. The molecular formula is C21H23N7. The predicted molar refractivity (Wildman–Crippen MR) is 111 cm³/mol. The Morgan fingerprint density at radius 2 is 1.93 bits per heavy atom. The molecule has 0 saturated heterocycles. The van der Waals surface area contributed by atoms with Crippen molar-refractivity contribution in [3.8, 4) is 22.5 Å². The molecule has 7 nitrogen and oxygen atoms in total. The molecule has 0 saturated carbocycles. The van der Waals surface area contributed by atoms with Gasteiger partial charge in [0.25, 0.3) is 0 Å². The lowest BCUT2D eigenvalue weighted by molar-refractivity contribution is 0.402. The van der Waals surface area contributed by atoms with Gasteiger partial charge in [-0.25, -0.2) is 9.97 Å². The quantitative estimate of drug-likeness (QED) is 0.578. The summed E-state index contributed by atoms with van der Waals surface area (Å²) in [6, 6.07) is 10.5. The Labute approximate surface area is 163 Å². The van der Waals surface area contributed by atoms with E-state index in [0.717, 1.165) is 46.8 Å². The highest BCUT2D eigenvalue weighted by atomic mass is 15.2. The molecule has 0 aliphatic heterocycles. The van der Waals surface area contributed by atoms with E-state index in [1.54, 1.807) is 12.4 Å². The van der Waals surface area contributed by atoms with E-state index in [1.807, 2.05) is 12.3 Å². The molecule has 0 aliphatic carbocycles. The van der Waals surface area contributed by atoms with Crippen molar-refractivity contribution >= 4 is 17.1 Å². The van der Waals surface area contributed by atoms with Gasteiger partial charge in [-0.2, -0.15) is 4.98 Å². The standard InChI is InChI=1S/C21H23N7/c1-4-28-19(25-18-12-24-21(22)26-20(18)28)16-8-9-23-11-17(16)15-7-5-6-14(10-15)13-27(2)3/h5-12H,4,13H2,1-3H3,(H2,22,24,26). The van der Waals surface area contributed by atoms with Crippen molar-refractivity contribution in [2.45, 2.75) is 20.0 Å². The molecule has 0 fully saturated rings. The van der Waals surface area contributed by atoms with Gasteiger partial charge >= 0.3 is 0 Å².